The first-order valence-electron chi connectivity index (χ1n) is 6.86. The Balaban J connectivity index is 1.47. The molecule has 0 aliphatic carbocycles. The van der Waals surface area contributed by atoms with Gasteiger partial charge in [-0.1, -0.05) is 0 Å². The quantitative estimate of drug-likeness (QED) is 0.847. The summed E-state index contributed by atoms with van der Waals surface area (Å²) in [5.74, 6) is 0.359. The number of amides is 1. The van der Waals surface area contributed by atoms with E-state index in [2.05, 4.69) is 10.00 Å². The normalized spacial score (nSPS) is 22.3. The first-order chi connectivity index (χ1) is 9.22. The fourth-order valence-corrected chi connectivity index (χ4v) is 2.82. The van der Waals surface area contributed by atoms with Crippen LogP contribution in [0.25, 0.3) is 0 Å². The Morgan fingerprint density at radius 2 is 2.16 bits per heavy atom. The average molecular weight is 264 g/mol. The summed E-state index contributed by atoms with van der Waals surface area (Å²) in [5, 5.41) is 4.21. The van der Waals surface area contributed by atoms with Gasteiger partial charge in [-0.2, -0.15) is 5.10 Å². The molecule has 2 aliphatic heterocycles. The van der Waals surface area contributed by atoms with Gasteiger partial charge in [0, 0.05) is 39.0 Å². The standard InChI is InChI=1S/C13H20N4O2/c14-13(18)11-5-15-17(7-11)12-8-16(9-12)6-10-1-3-19-4-2-10/h5,7,10,12H,1-4,6,8-9H2,(H2,14,18). The van der Waals surface area contributed by atoms with Gasteiger partial charge < -0.3 is 10.5 Å². The zero-order valence-electron chi connectivity index (χ0n) is 11.0. The van der Waals surface area contributed by atoms with Crippen LogP contribution in [0.15, 0.2) is 12.4 Å². The summed E-state index contributed by atoms with van der Waals surface area (Å²) < 4.78 is 7.23. The lowest BCUT2D eigenvalue weighted by molar-refractivity contribution is 0.0256. The number of hydrogen-bond acceptors (Lipinski definition) is 4. The molecule has 0 aromatic carbocycles. The van der Waals surface area contributed by atoms with Gasteiger partial charge in [0.2, 0.25) is 0 Å². The van der Waals surface area contributed by atoms with E-state index in [0.717, 1.165) is 38.8 Å². The van der Waals surface area contributed by atoms with E-state index in [1.54, 1.807) is 12.4 Å². The smallest absolute Gasteiger partial charge is 0.251 e. The number of aromatic nitrogens is 2. The number of primary amides is 1. The Labute approximate surface area is 112 Å². The molecule has 0 radical (unpaired) electrons. The highest BCUT2D eigenvalue weighted by atomic mass is 16.5. The van der Waals surface area contributed by atoms with Gasteiger partial charge in [0.1, 0.15) is 0 Å². The summed E-state index contributed by atoms with van der Waals surface area (Å²) in [5.41, 5.74) is 5.71. The Morgan fingerprint density at radius 3 is 2.79 bits per heavy atom. The van der Waals surface area contributed by atoms with Crippen LogP contribution in [0.4, 0.5) is 0 Å². The van der Waals surface area contributed by atoms with Crippen LogP contribution in [-0.4, -0.2) is 53.4 Å². The molecule has 2 aliphatic rings. The minimum Gasteiger partial charge on any atom is -0.381 e. The Bertz CT molecular complexity index is 447. The third-order valence-corrected chi connectivity index (χ3v) is 4.06. The van der Waals surface area contributed by atoms with Crippen LogP contribution in [0.2, 0.25) is 0 Å². The van der Waals surface area contributed by atoms with Crippen molar-refractivity contribution < 1.29 is 9.53 Å². The predicted molar refractivity (Wildman–Crippen MR) is 69.8 cm³/mol. The van der Waals surface area contributed by atoms with Crippen molar-refractivity contribution in [2.75, 3.05) is 32.8 Å². The highest BCUT2D eigenvalue weighted by Gasteiger charge is 2.31. The highest BCUT2D eigenvalue weighted by molar-refractivity contribution is 5.92. The lowest BCUT2D eigenvalue weighted by atomic mass is 9.97. The van der Waals surface area contributed by atoms with Gasteiger partial charge in [-0.3, -0.25) is 14.4 Å². The van der Waals surface area contributed by atoms with Crippen LogP contribution in [-0.2, 0) is 4.74 Å². The molecule has 1 aromatic rings. The Morgan fingerprint density at radius 1 is 1.42 bits per heavy atom. The van der Waals surface area contributed by atoms with Crippen molar-refractivity contribution in [2.24, 2.45) is 11.7 Å². The van der Waals surface area contributed by atoms with Gasteiger partial charge >= 0.3 is 0 Å². The van der Waals surface area contributed by atoms with Crippen molar-refractivity contribution in [1.29, 1.82) is 0 Å². The second kappa shape index (κ2) is 5.30. The molecule has 1 amide bonds. The number of carbonyl (C=O) groups excluding carboxylic acids is 1. The molecule has 0 spiro atoms. The molecule has 0 unspecified atom stereocenters. The average Bonchev–Trinajstić information content (AvgIpc) is 2.84. The highest BCUT2D eigenvalue weighted by Crippen LogP contribution is 2.24. The molecule has 6 nitrogen and oxygen atoms in total. The van der Waals surface area contributed by atoms with Crippen LogP contribution in [0, 0.1) is 5.92 Å². The molecular formula is C13H20N4O2. The monoisotopic (exact) mass is 264 g/mol. The number of likely N-dealkylation sites (tertiary alicyclic amines) is 1. The van der Waals surface area contributed by atoms with Crippen molar-refractivity contribution in [1.82, 2.24) is 14.7 Å². The largest absolute Gasteiger partial charge is 0.381 e. The third-order valence-electron chi connectivity index (χ3n) is 4.06. The number of nitrogens with two attached hydrogens (primary N) is 1. The summed E-state index contributed by atoms with van der Waals surface area (Å²) >= 11 is 0. The summed E-state index contributed by atoms with van der Waals surface area (Å²) in [7, 11) is 0. The fraction of sp³-hybridized carbons (Fsp3) is 0.692. The molecule has 6 heteroatoms. The number of rotatable bonds is 4. The van der Waals surface area contributed by atoms with Gasteiger partial charge in [-0.25, -0.2) is 0 Å². The van der Waals surface area contributed by atoms with Gasteiger partial charge in [-0.05, 0) is 18.8 Å². The van der Waals surface area contributed by atoms with Crippen LogP contribution >= 0.6 is 0 Å². The van der Waals surface area contributed by atoms with Gasteiger partial charge in [-0.15, -0.1) is 0 Å². The van der Waals surface area contributed by atoms with E-state index in [-0.39, 0.29) is 0 Å². The molecule has 2 saturated heterocycles. The second-order valence-electron chi connectivity index (χ2n) is 5.50. The number of carbonyl (C=O) groups is 1. The van der Waals surface area contributed by atoms with E-state index in [9.17, 15) is 4.79 Å². The lowest BCUT2D eigenvalue weighted by Crippen LogP contribution is -2.50. The summed E-state index contributed by atoms with van der Waals surface area (Å²) in [4.78, 5) is 13.5. The molecule has 3 heterocycles. The first kappa shape index (κ1) is 12.6. The summed E-state index contributed by atoms with van der Waals surface area (Å²) in [6, 6.07) is 0.382. The van der Waals surface area contributed by atoms with Crippen molar-refractivity contribution in [3.63, 3.8) is 0 Å². The first-order valence-corrected chi connectivity index (χ1v) is 6.86. The van der Waals surface area contributed by atoms with Crippen LogP contribution in [0.1, 0.15) is 29.2 Å². The van der Waals surface area contributed by atoms with E-state index in [4.69, 9.17) is 10.5 Å². The molecule has 0 atom stereocenters. The number of hydrogen-bond donors (Lipinski definition) is 1. The fourth-order valence-electron chi connectivity index (χ4n) is 2.82. The van der Waals surface area contributed by atoms with Gasteiger partial charge in [0.05, 0.1) is 17.8 Å². The SMILES string of the molecule is NC(=O)c1cnn(C2CN(CC3CCOCC3)C2)c1. The lowest BCUT2D eigenvalue weighted by Gasteiger charge is -2.41. The third kappa shape index (κ3) is 2.79. The van der Waals surface area contributed by atoms with Crippen molar-refractivity contribution in [2.45, 2.75) is 18.9 Å². The molecule has 2 N–H and O–H groups in total. The molecule has 104 valence electrons. The van der Waals surface area contributed by atoms with E-state index < -0.39 is 5.91 Å². The maximum Gasteiger partial charge on any atom is 0.251 e. The van der Waals surface area contributed by atoms with Crippen molar-refractivity contribution in [3.8, 4) is 0 Å². The zero-order chi connectivity index (χ0) is 13.2. The predicted octanol–water partition coefficient (Wildman–Crippen LogP) is 0.265. The van der Waals surface area contributed by atoms with Crippen LogP contribution < -0.4 is 5.73 Å². The van der Waals surface area contributed by atoms with Crippen LogP contribution in [0.3, 0.4) is 0 Å². The maximum atomic E-state index is 11.0. The second-order valence-corrected chi connectivity index (χ2v) is 5.50. The van der Waals surface area contributed by atoms with Gasteiger partial charge in [0.15, 0.2) is 0 Å². The molecule has 0 bridgehead atoms. The molecule has 0 saturated carbocycles. The molecule has 19 heavy (non-hydrogen) atoms. The van der Waals surface area contributed by atoms with Crippen LogP contribution in [0.5, 0.6) is 0 Å². The maximum absolute atomic E-state index is 11.0. The van der Waals surface area contributed by atoms with E-state index >= 15 is 0 Å². The topological polar surface area (TPSA) is 73.4 Å². The summed E-state index contributed by atoms with van der Waals surface area (Å²) in [6.07, 6.45) is 5.64. The molecule has 1 aromatic heterocycles. The minimum absolute atomic E-state index is 0.382. The number of ether oxygens (including phenoxy) is 1. The van der Waals surface area contributed by atoms with Crippen molar-refractivity contribution in [3.05, 3.63) is 18.0 Å². The van der Waals surface area contributed by atoms with E-state index in [1.807, 2.05) is 4.68 Å². The molecule has 2 fully saturated rings. The summed E-state index contributed by atoms with van der Waals surface area (Å²) in [6.45, 7) is 4.99. The zero-order valence-corrected chi connectivity index (χ0v) is 11.0. The van der Waals surface area contributed by atoms with E-state index in [1.165, 1.54) is 12.8 Å². The van der Waals surface area contributed by atoms with E-state index in [0.29, 0.717) is 11.6 Å². The number of nitrogens with zero attached hydrogens (tertiary/aromatic N) is 3. The molecule has 3 rings (SSSR count). The van der Waals surface area contributed by atoms with Crippen molar-refractivity contribution >= 4 is 5.91 Å². The Kier molecular flexibility index (Phi) is 3.52. The Hall–Kier alpha value is -1.40. The molecular weight excluding hydrogens is 244 g/mol. The minimum atomic E-state index is -0.412. The van der Waals surface area contributed by atoms with Gasteiger partial charge in [0.25, 0.3) is 5.91 Å².